The van der Waals surface area contributed by atoms with Crippen LogP contribution in [0, 0.1) is 12.7 Å². The molecule has 3 aromatic rings. The number of hydrogen-bond donors (Lipinski definition) is 2. The van der Waals surface area contributed by atoms with Gasteiger partial charge >= 0.3 is 5.92 Å². The van der Waals surface area contributed by atoms with Gasteiger partial charge in [0.1, 0.15) is 23.1 Å². The van der Waals surface area contributed by atoms with Crippen LogP contribution < -0.4 is 10.2 Å². The van der Waals surface area contributed by atoms with E-state index in [9.17, 15) is 13.9 Å². The van der Waals surface area contributed by atoms with E-state index in [1.807, 2.05) is 13.1 Å². The maximum absolute atomic E-state index is 15.3. The Hall–Kier alpha value is -2.87. The van der Waals surface area contributed by atoms with Crippen molar-refractivity contribution in [2.75, 3.05) is 23.8 Å². The Bertz CT molecular complexity index is 1270. The fourth-order valence-electron chi connectivity index (χ4n) is 4.75. The van der Waals surface area contributed by atoms with Crippen molar-refractivity contribution in [3.8, 4) is 0 Å². The highest BCUT2D eigenvalue weighted by atomic mass is 19.3. The molecule has 8 heteroatoms. The van der Waals surface area contributed by atoms with E-state index in [2.05, 4.69) is 40.1 Å². The third kappa shape index (κ3) is 3.87. The summed E-state index contributed by atoms with van der Waals surface area (Å²) in [5, 5.41) is 13.9. The number of rotatable bonds is 5. The van der Waals surface area contributed by atoms with E-state index in [1.165, 1.54) is 17.7 Å². The number of alkyl halides is 2. The van der Waals surface area contributed by atoms with Crippen molar-refractivity contribution in [1.82, 2.24) is 9.97 Å². The van der Waals surface area contributed by atoms with Gasteiger partial charge in [0.25, 0.3) is 0 Å². The first-order valence-electron chi connectivity index (χ1n) is 11.3. The Morgan fingerprint density at radius 1 is 1.18 bits per heavy atom. The SMILES string of the molecule is Cc1nc(NC(C)c2cccc(C(F)(F)C(C)(C)O)c2F)c2cc3c(cc2n1)C(C)(C)CN3C. The second-order valence-electron chi connectivity index (χ2n) is 10.5. The van der Waals surface area contributed by atoms with E-state index in [0.29, 0.717) is 11.6 Å². The summed E-state index contributed by atoms with van der Waals surface area (Å²) in [6, 6.07) is 7.28. The summed E-state index contributed by atoms with van der Waals surface area (Å²) in [7, 11) is 2.04. The molecule has 1 aromatic heterocycles. The molecule has 2 N–H and O–H groups in total. The van der Waals surface area contributed by atoms with Gasteiger partial charge in [-0.1, -0.05) is 26.0 Å². The summed E-state index contributed by atoms with van der Waals surface area (Å²) in [5.41, 5.74) is -0.156. The zero-order valence-electron chi connectivity index (χ0n) is 20.6. The van der Waals surface area contributed by atoms with Crippen molar-refractivity contribution >= 4 is 22.4 Å². The van der Waals surface area contributed by atoms with Crippen LogP contribution in [0.2, 0.25) is 0 Å². The van der Waals surface area contributed by atoms with Crippen LogP contribution in [-0.4, -0.2) is 34.3 Å². The number of hydrogen-bond acceptors (Lipinski definition) is 5. The van der Waals surface area contributed by atoms with Crippen molar-refractivity contribution in [3.05, 3.63) is 58.7 Å². The van der Waals surface area contributed by atoms with Gasteiger partial charge in [-0.2, -0.15) is 8.78 Å². The minimum atomic E-state index is -3.76. The highest BCUT2D eigenvalue weighted by molar-refractivity contribution is 5.94. The number of halogens is 3. The van der Waals surface area contributed by atoms with Crippen molar-refractivity contribution < 1.29 is 18.3 Å². The van der Waals surface area contributed by atoms with Gasteiger partial charge < -0.3 is 15.3 Å². The summed E-state index contributed by atoms with van der Waals surface area (Å²) in [4.78, 5) is 11.3. The van der Waals surface area contributed by atoms with E-state index in [-0.39, 0.29) is 11.0 Å². The van der Waals surface area contributed by atoms with E-state index < -0.39 is 28.9 Å². The molecule has 0 radical (unpaired) electrons. The first kappa shape index (κ1) is 24.3. The van der Waals surface area contributed by atoms with Crippen LogP contribution in [0.3, 0.4) is 0 Å². The van der Waals surface area contributed by atoms with Crippen LogP contribution in [0.5, 0.6) is 0 Å². The van der Waals surface area contributed by atoms with Crippen LogP contribution in [0.1, 0.15) is 63.2 Å². The fourth-order valence-corrected chi connectivity index (χ4v) is 4.75. The lowest BCUT2D eigenvalue weighted by molar-refractivity contribution is -0.170. The third-order valence-electron chi connectivity index (χ3n) is 6.65. The van der Waals surface area contributed by atoms with Crippen molar-refractivity contribution in [2.24, 2.45) is 0 Å². The molecule has 1 atom stereocenters. The molecular weight excluding hydrogens is 441 g/mol. The number of aromatic nitrogens is 2. The molecule has 1 aliphatic heterocycles. The minimum absolute atomic E-state index is 0.0205. The highest BCUT2D eigenvalue weighted by Crippen LogP contribution is 2.44. The molecule has 0 saturated carbocycles. The molecule has 2 heterocycles. The van der Waals surface area contributed by atoms with Crippen LogP contribution in [0.15, 0.2) is 30.3 Å². The number of nitrogens with one attached hydrogen (secondary N) is 1. The number of aryl methyl sites for hydroxylation is 1. The smallest absolute Gasteiger partial charge is 0.303 e. The molecule has 1 unspecified atom stereocenters. The molecule has 34 heavy (non-hydrogen) atoms. The molecule has 5 nitrogen and oxygen atoms in total. The molecular formula is C26H31F3N4O. The van der Waals surface area contributed by atoms with Gasteiger partial charge in [-0.15, -0.1) is 0 Å². The molecule has 4 rings (SSSR count). The average molecular weight is 473 g/mol. The number of anilines is 2. The fraction of sp³-hybridized carbons (Fsp3) is 0.462. The Morgan fingerprint density at radius 3 is 2.50 bits per heavy atom. The first-order valence-corrected chi connectivity index (χ1v) is 11.3. The van der Waals surface area contributed by atoms with Gasteiger partial charge in [0.15, 0.2) is 0 Å². The Morgan fingerprint density at radius 2 is 1.85 bits per heavy atom. The van der Waals surface area contributed by atoms with Crippen molar-refractivity contribution in [3.63, 3.8) is 0 Å². The Balaban J connectivity index is 1.77. The van der Waals surface area contributed by atoms with Crippen molar-refractivity contribution in [2.45, 2.75) is 64.5 Å². The van der Waals surface area contributed by atoms with Crippen LogP contribution in [0.4, 0.5) is 24.7 Å². The molecule has 0 amide bonds. The van der Waals surface area contributed by atoms with Crippen LogP contribution in [0.25, 0.3) is 10.9 Å². The maximum Gasteiger partial charge on any atom is 0.303 e. The second-order valence-corrected chi connectivity index (χ2v) is 10.5. The third-order valence-corrected chi connectivity index (χ3v) is 6.65. The normalized spacial score (nSPS) is 16.6. The van der Waals surface area contributed by atoms with Gasteiger partial charge in [-0.3, -0.25) is 0 Å². The lowest BCUT2D eigenvalue weighted by atomic mass is 9.86. The summed E-state index contributed by atoms with van der Waals surface area (Å²) in [6.45, 7) is 10.7. The van der Waals surface area contributed by atoms with E-state index in [1.54, 1.807) is 13.8 Å². The summed E-state index contributed by atoms with van der Waals surface area (Å²) in [6.07, 6.45) is 0. The van der Waals surface area contributed by atoms with E-state index in [0.717, 1.165) is 43.0 Å². The molecule has 0 aliphatic carbocycles. The monoisotopic (exact) mass is 472 g/mol. The van der Waals surface area contributed by atoms with Gasteiger partial charge in [-0.25, -0.2) is 14.4 Å². The lowest BCUT2D eigenvalue weighted by Crippen LogP contribution is -2.41. The molecule has 182 valence electrons. The minimum Gasteiger partial charge on any atom is -0.384 e. The average Bonchev–Trinajstić information content (AvgIpc) is 2.93. The van der Waals surface area contributed by atoms with Gasteiger partial charge in [0.2, 0.25) is 0 Å². The lowest BCUT2D eigenvalue weighted by Gasteiger charge is -2.30. The number of aliphatic hydroxyl groups is 1. The molecule has 0 fully saturated rings. The zero-order chi connectivity index (χ0) is 25.2. The maximum atomic E-state index is 15.3. The van der Waals surface area contributed by atoms with Gasteiger partial charge in [0, 0.05) is 35.6 Å². The van der Waals surface area contributed by atoms with Crippen LogP contribution >= 0.6 is 0 Å². The number of fused-ring (bicyclic) bond motifs is 2. The van der Waals surface area contributed by atoms with E-state index >= 15 is 4.39 Å². The number of benzene rings is 2. The molecule has 1 aliphatic rings. The van der Waals surface area contributed by atoms with Crippen molar-refractivity contribution in [1.29, 1.82) is 0 Å². The standard InChI is InChI=1S/C26H31F3N4O/c1-14(16-9-8-10-18(22(16)27)26(28,29)25(5,6)34)30-23-17-11-21-19(24(3,4)13-33(21)7)12-20(17)31-15(2)32-23/h8-12,14,34H,13H2,1-7H3,(H,30,31,32). The zero-order valence-corrected chi connectivity index (χ0v) is 20.6. The molecule has 2 aromatic carbocycles. The topological polar surface area (TPSA) is 61.3 Å². The van der Waals surface area contributed by atoms with Crippen LogP contribution in [-0.2, 0) is 11.3 Å². The predicted octanol–water partition coefficient (Wildman–Crippen LogP) is 5.84. The second kappa shape index (κ2) is 7.83. The molecule has 0 saturated heterocycles. The number of nitrogens with zero attached hydrogens (tertiary/aromatic N) is 3. The summed E-state index contributed by atoms with van der Waals surface area (Å²) < 4.78 is 44.8. The summed E-state index contributed by atoms with van der Waals surface area (Å²) in [5.74, 6) is -3.75. The van der Waals surface area contributed by atoms with E-state index in [4.69, 9.17) is 0 Å². The predicted molar refractivity (Wildman–Crippen MR) is 129 cm³/mol. The first-order chi connectivity index (χ1) is 15.6. The largest absolute Gasteiger partial charge is 0.384 e. The van der Waals surface area contributed by atoms with Gasteiger partial charge in [-0.05, 0) is 51.5 Å². The highest BCUT2D eigenvalue weighted by Gasteiger charge is 2.49. The summed E-state index contributed by atoms with van der Waals surface area (Å²) >= 11 is 0. The number of likely N-dealkylation sites (N-methyl/N-ethyl adjacent to an activating group) is 1. The Labute approximate surface area is 198 Å². The molecule has 0 bridgehead atoms. The quantitative estimate of drug-likeness (QED) is 0.489. The molecule has 0 spiro atoms. The van der Waals surface area contributed by atoms with Gasteiger partial charge in [0.05, 0.1) is 17.1 Å². The Kier molecular flexibility index (Phi) is 5.59.